The van der Waals surface area contributed by atoms with Gasteiger partial charge in [0.2, 0.25) is 0 Å². The summed E-state index contributed by atoms with van der Waals surface area (Å²) in [7, 11) is 0. The molecule has 25 heavy (non-hydrogen) atoms. The molecule has 6 nitrogen and oxygen atoms in total. The number of carbonyl (C=O) groups excluding carboxylic acids is 1. The summed E-state index contributed by atoms with van der Waals surface area (Å²) in [6.45, 7) is 10.2. The van der Waals surface area contributed by atoms with Gasteiger partial charge in [0.15, 0.2) is 0 Å². The molecule has 0 aliphatic carbocycles. The third-order valence-corrected chi connectivity index (χ3v) is 2.98. The lowest BCUT2D eigenvalue weighted by atomic mass is 10.2. The van der Waals surface area contributed by atoms with Gasteiger partial charge in [-0.25, -0.2) is 4.79 Å². The van der Waals surface area contributed by atoms with Gasteiger partial charge in [0.1, 0.15) is 5.60 Å². The fourth-order valence-corrected chi connectivity index (χ4v) is 1.92. The molecule has 0 unspecified atom stereocenters. The number of carbonyl (C=O) groups is 1. The first-order valence-electron chi connectivity index (χ1n) is 8.75. The molecular weight excluding hydrogens is 322 g/mol. The predicted molar refractivity (Wildman–Crippen MR) is 96.1 cm³/mol. The van der Waals surface area contributed by atoms with Crippen molar-refractivity contribution in [3.63, 3.8) is 0 Å². The highest BCUT2D eigenvalue weighted by Gasteiger charge is 2.22. The number of benzene rings is 1. The van der Waals surface area contributed by atoms with Gasteiger partial charge in [0, 0.05) is 0 Å². The average molecular weight is 353 g/mol. The number of hydroxylamine groups is 2. The van der Waals surface area contributed by atoms with Crippen LogP contribution in [0.2, 0.25) is 0 Å². The Morgan fingerprint density at radius 3 is 2.28 bits per heavy atom. The van der Waals surface area contributed by atoms with E-state index in [9.17, 15) is 4.79 Å². The van der Waals surface area contributed by atoms with E-state index in [1.807, 2.05) is 58.0 Å². The number of ether oxygens (including phenoxy) is 3. The summed E-state index contributed by atoms with van der Waals surface area (Å²) in [6.07, 6.45) is 0.313. The monoisotopic (exact) mass is 353 g/mol. The van der Waals surface area contributed by atoms with Crippen LogP contribution in [0.15, 0.2) is 30.3 Å². The summed E-state index contributed by atoms with van der Waals surface area (Å²) < 4.78 is 16.3. The Kier molecular flexibility index (Phi) is 10.1. The Hall–Kier alpha value is -1.63. The molecule has 0 fully saturated rings. The summed E-state index contributed by atoms with van der Waals surface area (Å²) in [6, 6.07) is 9.99. The van der Waals surface area contributed by atoms with Crippen molar-refractivity contribution in [1.29, 1.82) is 0 Å². The van der Waals surface area contributed by atoms with Crippen molar-refractivity contribution in [3.05, 3.63) is 35.9 Å². The van der Waals surface area contributed by atoms with Crippen molar-refractivity contribution in [2.24, 2.45) is 0 Å². The molecule has 0 N–H and O–H groups in total. The normalized spacial score (nSPS) is 11.4. The molecule has 1 amide bonds. The van der Waals surface area contributed by atoms with Gasteiger partial charge in [0.05, 0.1) is 39.6 Å². The Labute approximate surface area is 151 Å². The van der Waals surface area contributed by atoms with Crippen molar-refractivity contribution in [2.45, 2.75) is 46.3 Å². The number of hydrogen-bond donors (Lipinski definition) is 0. The molecule has 0 saturated heterocycles. The zero-order valence-corrected chi connectivity index (χ0v) is 15.8. The highest BCUT2D eigenvalue weighted by molar-refractivity contribution is 5.66. The van der Waals surface area contributed by atoms with Crippen LogP contribution in [0, 0.1) is 0 Å². The van der Waals surface area contributed by atoms with Crippen molar-refractivity contribution in [3.8, 4) is 0 Å². The first kappa shape index (κ1) is 21.4. The Morgan fingerprint density at radius 1 is 1.00 bits per heavy atom. The van der Waals surface area contributed by atoms with E-state index in [-0.39, 0.29) is 6.61 Å². The van der Waals surface area contributed by atoms with Gasteiger partial charge in [-0.05, 0) is 32.8 Å². The van der Waals surface area contributed by atoms with Crippen LogP contribution in [0.3, 0.4) is 0 Å². The Morgan fingerprint density at radius 2 is 1.64 bits per heavy atom. The quantitative estimate of drug-likeness (QED) is 0.447. The van der Waals surface area contributed by atoms with Crippen molar-refractivity contribution in [1.82, 2.24) is 5.06 Å². The largest absolute Gasteiger partial charge is 0.442 e. The first-order chi connectivity index (χ1) is 11.9. The van der Waals surface area contributed by atoms with Crippen LogP contribution < -0.4 is 0 Å². The molecule has 6 heteroatoms. The van der Waals surface area contributed by atoms with E-state index in [1.54, 1.807) is 0 Å². The number of amides is 1. The molecule has 0 radical (unpaired) electrons. The zero-order chi connectivity index (χ0) is 18.5. The van der Waals surface area contributed by atoms with E-state index >= 15 is 0 Å². The lowest BCUT2D eigenvalue weighted by Crippen LogP contribution is -2.38. The van der Waals surface area contributed by atoms with E-state index in [0.717, 1.165) is 12.0 Å². The summed E-state index contributed by atoms with van der Waals surface area (Å²) >= 11 is 0. The second kappa shape index (κ2) is 11.8. The summed E-state index contributed by atoms with van der Waals surface area (Å²) in [5.41, 5.74) is 0.595. The number of nitrogens with zero attached hydrogens (tertiary/aromatic N) is 1. The second-order valence-electron chi connectivity index (χ2n) is 6.57. The molecule has 1 aromatic carbocycles. The lowest BCUT2D eigenvalue weighted by Gasteiger charge is -2.26. The lowest BCUT2D eigenvalue weighted by molar-refractivity contribution is -0.157. The molecule has 0 saturated carbocycles. The van der Waals surface area contributed by atoms with Crippen LogP contribution >= 0.6 is 0 Å². The third-order valence-electron chi connectivity index (χ3n) is 2.98. The molecule has 1 rings (SSSR count). The maximum atomic E-state index is 12.0. The molecule has 0 spiro atoms. The molecule has 142 valence electrons. The molecule has 0 heterocycles. The van der Waals surface area contributed by atoms with Gasteiger partial charge >= 0.3 is 6.09 Å². The molecule has 0 aliphatic rings. The average Bonchev–Trinajstić information content (AvgIpc) is 2.55. The summed E-state index contributed by atoms with van der Waals surface area (Å²) in [5, 5.41) is 1.25. The van der Waals surface area contributed by atoms with E-state index in [1.165, 1.54) is 5.06 Å². The van der Waals surface area contributed by atoms with Crippen LogP contribution in [0.1, 0.15) is 39.7 Å². The highest BCUT2D eigenvalue weighted by Crippen LogP contribution is 2.10. The Balaban J connectivity index is 2.10. The minimum Gasteiger partial charge on any atom is -0.442 e. The van der Waals surface area contributed by atoms with Crippen LogP contribution in [-0.2, 0) is 25.7 Å². The van der Waals surface area contributed by atoms with Crippen molar-refractivity contribution < 1.29 is 23.8 Å². The number of rotatable bonds is 11. The van der Waals surface area contributed by atoms with E-state index in [4.69, 9.17) is 19.0 Å². The van der Waals surface area contributed by atoms with Crippen molar-refractivity contribution in [2.75, 3.05) is 33.0 Å². The molecule has 1 aromatic rings. The molecule has 0 atom stereocenters. The van der Waals surface area contributed by atoms with Crippen LogP contribution in [-0.4, -0.2) is 49.7 Å². The van der Waals surface area contributed by atoms with E-state index < -0.39 is 11.7 Å². The fraction of sp³-hybridized carbons (Fsp3) is 0.632. The minimum absolute atomic E-state index is 0.290. The van der Waals surface area contributed by atoms with Gasteiger partial charge in [-0.2, -0.15) is 5.06 Å². The second-order valence-corrected chi connectivity index (χ2v) is 6.57. The molecule has 0 aromatic heterocycles. The number of hydrogen-bond acceptors (Lipinski definition) is 5. The van der Waals surface area contributed by atoms with Crippen LogP contribution in [0.5, 0.6) is 0 Å². The zero-order valence-electron chi connectivity index (χ0n) is 15.8. The van der Waals surface area contributed by atoms with Crippen LogP contribution in [0.4, 0.5) is 4.79 Å². The van der Waals surface area contributed by atoms with Gasteiger partial charge in [-0.1, -0.05) is 37.3 Å². The summed E-state index contributed by atoms with van der Waals surface area (Å²) in [4.78, 5) is 17.5. The van der Waals surface area contributed by atoms with Gasteiger partial charge in [0.25, 0.3) is 0 Å². The minimum atomic E-state index is -0.543. The molecule has 0 aliphatic heterocycles. The van der Waals surface area contributed by atoms with Gasteiger partial charge in [-0.3, -0.25) is 4.84 Å². The summed E-state index contributed by atoms with van der Waals surface area (Å²) in [5.74, 6) is 0. The first-order valence-corrected chi connectivity index (χ1v) is 8.75. The fourth-order valence-electron chi connectivity index (χ4n) is 1.92. The third kappa shape index (κ3) is 10.8. The van der Waals surface area contributed by atoms with E-state index in [0.29, 0.717) is 33.0 Å². The predicted octanol–water partition coefficient (Wildman–Crippen LogP) is 3.80. The topological polar surface area (TPSA) is 57.2 Å². The Bertz CT molecular complexity index is 472. The van der Waals surface area contributed by atoms with Crippen LogP contribution in [0.25, 0.3) is 0 Å². The molecular formula is C19H31NO5. The van der Waals surface area contributed by atoms with Gasteiger partial charge in [-0.15, -0.1) is 0 Å². The maximum absolute atomic E-state index is 12.0. The molecule has 0 bridgehead atoms. The standard InChI is InChI=1S/C19H31NO5/c1-5-11-20(18(21)25-19(2,3)4)24-15-14-22-12-13-23-16-17-9-7-6-8-10-17/h6-10H,5,11-16H2,1-4H3. The maximum Gasteiger partial charge on any atom is 0.434 e. The SMILES string of the molecule is CCCN(OCCOCCOCc1ccccc1)C(=O)OC(C)(C)C. The highest BCUT2D eigenvalue weighted by atomic mass is 16.7. The van der Waals surface area contributed by atoms with E-state index in [2.05, 4.69) is 0 Å². The van der Waals surface area contributed by atoms with Gasteiger partial charge < -0.3 is 14.2 Å². The van der Waals surface area contributed by atoms with Crippen molar-refractivity contribution >= 4 is 6.09 Å². The smallest absolute Gasteiger partial charge is 0.434 e.